The number of carbonyl (C=O) groups excluding carboxylic acids is 1. The highest BCUT2D eigenvalue weighted by molar-refractivity contribution is 5.95. The van der Waals surface area contributed by atoms with E-state index in [0.717, 1.165) is 19.3 Å². The molecular formula is C30H46O6. The summed E-state index contributed by atoms with van der Waals surface area (Å²) in [5, 5.41) is 32.7. The summed E-state index contributed by atoms with van der Waals surface area (Å²) in [5.74, 6) is 1.08. The van der Waals surface area contributed by atoms with Crippen LogP contribution in [0.3, 0.4) is 0 Å². The molecule has 36 heavy (non-hydrogen) atoms. The van der Waals surface area contributed by atoms with E-state index in [4.69, 9.17) is 9.47 Å². The third-order valence-corrected chi connectivity index (χ3v) is 11.4. The lowest BCUT2D eigenvalue weighted by atomic mass is 9.43. The molecule has 3 fully saturated rings. The monoisotopic (exact) mass is 502 g/mol. The van der Waals surface area contributed by atoms with Gasteiger partial charge in [-0.1, -0.05) is 45.4 Å². The predicted molar refractivity (Wildman–Crippen MR) is 137 cm³/mol. The molecule has 5 aliphatic rings. The van der Waals surface area contributed by atoms with E-state index >= 15 is 0 Å². The highest BCUT2D eigenvalue weighted by Crippen LogP contribution is 2.68. The van der Waals surface area contributed by atoms with Gasteiger partial charge in [0.05, 0.1) is 17.8 Å². The van der Waals surface area contributed by atoms with Crippen LogP contribution < -0.4 is 0 Å². The van der Waals surface area contributed by atoms with Crippen LogP contribution in [0.4, 0.5) is 0 Å². The molecule has 0 aromatic carbocycles. The molecular weight excluding hydrogens is 456 g/mol. The van der Waals surface area contributed by atoms with Crippen molar-refractivity contribution in [3.05, 3.63) is 23.8 Å². The second-order valence-electron chi connectivity index (χ2n) is 14.0. The topological polar surface area (TPSA) is 96.2 Å². The van der Waals surface area contributed by atoms with E-state index in [1.54, 1.807) is 27.0 Å². The normalized spacial score (nSPS) is 48.7. The second-order valence-corrected chi connectivity index (χ2v) is 14.0. The summed E-state index contributed by atoms with van der Waals surface area (Å²) in [7, 11) is 1.66. The maximum absolute atomic E-state index is 12.8. The minimum atomic E-state index is -1.25. The number of hydrogen-bond acceptors (Lipinski definition) is 6. The fourth-order valence-electron chi connectivity index (χ4n) is 9.28. The lowest BCUT2D eigenvalue weighted by molar-refractivity contribution is -0.183. The van der Waals surface area contributed by atoms with Gasteiger partial charge in [-0.2, -0.15) is 0 Å². The molecule has 0 amide bonds. The van der Waals surface area contributed by atoms with E-state index in [1.165, 1.54) is 5.57 Å². The third kappa shape index (κ3) is 3.65. The molecule has 0 radical (unpaired) electrons. The van der Waals surface area contributed by atoms with Crippen molar-refractivity contribution in [2.24, 2.45) is 45.8 Å². The van der Waals surface area contributed by atoms with Crippen LogP contribution >= 0.6 is 0 Å². The van der Waals surface area contributed by atoms with Crippen molar-refractivity contribution in [2.45, 2.75) is 104 Å². The Kier molecular flexibility index (Phi) is 6.25. The zero-order chi connectivity index (χ0) is 26.4. The van der Waals surface area contributed by atoms with E-state index in [2.05, 4.69) is 39.8 Å². The molecule has 4 aliphatic carbocycles. The van der Waals surface area contributed by atoms with Gasteiger partial charge in [-0.05, 0) is 80.6 Å². The molecule has 3 N–H and O–H groups in total. The van der Waals surface area contributed by atoms with Crippen LogP contribution in [0.15, 0.2) is 23.8 Å². The number of ketones is 1. The van der Waals surface area contributed by atoms with Crippen molar-refractivity contribution in [2.75, 3.05) is 7.11 Å². The fourth-order valence-corrected chi connectivity index (χ4v) is 9.28. The minimum Gasteiger partial charge on any atom is -0.392 e. The molecule has 11 atom stereocenters. The highest BCUT2D eigenvalue weighted by Gasteiger charge is 2.64. The minimum absolute atomic E-state index is 0.0750. The van der Waals surface area contributed by atoms with Crippen LogP contribution in [0.1, 0.15) is 73.6 Å². The molecule has 202 valence electrons. The molecule has 1 aliphatic heterocycles. The van der Waals surface area contributed by atoms with Gasteiger partial charge in [0.15, 0.2) is 12.1 Å². The smallest absolute Gasteiger partial charge is 0.161 e. The summed E-state index contributed by atoms with van der Waals surface area (Å²) in [4.78, 5) is 12.8. The summed E-state index contributed by atoms with van der Waals surface area (Å²) in [6, 6.07) is 0. The quantitative estimate of drug-likeness (QED) is 0.503. The lowest BCUT2D eigenvalue weighted by Crippen LogP contribution is -2.59. The molecule has 1 saturated heterocycles. The van der Waals surface area contributed by atoms with Crippen molar-refractivity contribution in [3.8, 4) is 0 Å². The summed E-state index contributed by atoms with van der Waals surface area (Å²) >= 11 is 0. The standard InChI is InChI=1S/C30H46O6/c1-27(2)22-15-20(31)24-18-9-8-17(16-14-21(36-26(16)35-7)25(33)28(3,4)34)29(18,5)12-10-19(24)30(22,6)13-11-23(27)32/h9,11,13,16-17,19-22,24-26,31,33-34H,8,10,12,14-15H2,1-7H3/t16-,17-,19-,20+,21+,22-,24-,25+,26+,29-,30+/m0/s1. The van der Waals surface area contributed by atoms with Crippen molar-refractivity contribution in [1.82, 2.24) is 0 Å². The van der Waals surface area contributed by atoms with Crippen molar-refractivity contribution in [3.63, 3.8) is 0 Å². The van der Waals surface area contributed by atoms with Gasteiger partial charge in [0, 0.05) is 24.4 Å². The lowest BCUT2D eigenvalue weighted by Gasteiger charge is -2.61. The molecule has 0 bridgehead atoms. The van der Waals surface area contributed by atoms with Crippen LogP contribution in [0, 0.1) is 45.8 Å². The van der Waals surface area contributed by atoms with Crippen LogP contribution in [0.25, 0.3) is 0 Å². The Morgan fingerprint density at radius 1 is 1.17 bits per heavy atom. The molecule has 0 aromatic rings. The molecule has 5 rings (SSSR count). The first-order chi connectivity index (χ1) is 16.7. The van der Waals surface area contributed by atoms with Gasteiger partial charge in [-0.25, -0.2) is 0 Å². The Hall–Kier alpha value is -1.05. The fraction of sp³-hybridized carbons (Fsp3) is 0.833. The van der Waals surface area contributed by atoms with Gasteiger partial charge in [-0.15, -0.1) is 0 Å². The summed E-state index contributed by atoms with van der Waals surface area (Å²) in [6.07, 6.45) is 8.22. The number of aliphatic hydroxyl groups is 3. The average Bonchev–Trinajstić information content (AvgIpc) is 3.37. The van der Waals surface area contributed by atoms with Crippen LogP contribution in [0.2, 0.25) is 0 Å². The number of rotatable bonds is 4. The number of allylic oxidation sites excluding steroid dienone is 3. The predicted octanol–water partition coefficient (Wildman–Crippen LogP) is 4.03. The summed E-state index contributed by atoms with van der Waals surface area (Å²) < 4.78 is 11.9. The Labute approximate surface area is 216 Å². The maximum atomic E-state index is 12.8. The maximum Gasteiger partial charge on any atom is 0.161 e. The van der Waals surface area contributed by atoms with E-state index in [0.29, 0.717) is 18.8 Å². The van der Waals surface area contributed by atoms with Gasteiger partial charge < -0.3 is 24.8 Å². The van der Waals surface area contributed by atoms with Gasteiger partial charge in [-0.3, -0.25) is 4.79 Å². The Balaban J connectivity index is 1.43. The first-order valence-corrected chi connectivity index (χ1v) is 13.9. The molecule has 2 saturated carbocycles. The second kappa shape index (κ2) is 8.47. The number of carbonyl (C=O) groups is 1. The first kappa shape index (κ1) is 26.6. The van der Waals surface area contributed by atoms with E-state index in [9.17, 15) is 20.1 Å². The molecule has 0 spiro atoms. The van der Waals surface area contributed by atoms with Crippen LogP contribution in [-0.2, 0) is 14.3 Å². The summed E-state index contributed by atoms with van der Waals surface area (Å²) in [6.45, 7) is 12.0. The Morgan fingerprint density at radius 3 is 2.50 bits per heavy atom. The van der Waals surface area contributed by atoms with Crippen molar-refractivity contribution in [1.29, 1.82) is 0 Å². The number of ether oxygens (including phenoxy) is 2. The first-order valence-electron chi connectivity index (χ1n) is 13.9. The van der Waals surface area contributed by atoms with Gasteiger partial charge in [0.2, 0.25) is 0 Å². The van der Waals surface area contributed by atoms with Crippen LogP contribution in [-0.4, -0.2) is 58.4 Å². The highest BCUT2D eigenvalue weighted by atomic mass is 16.7. The van der Waals surface area contributed by atoms with Gasteiger partial charge in [0.1, 0.15) is 6.10 Å². The average molecular weight is 503 g/mol. The molecule has 6 nitrogen and oxygen atoms in total. The van der Waals surface area contributed by atoms with E-state index in [-0.39, 0.29) is 40.3 Å². The number of fused-ring (bicyclic) bond motifs is 5. The number of aliphatic hydroxyl groups excluding tert-OH is 2. The zero-order valence-corrected chi connectivity index (χ0v) is 23.0. The van der Waals surface area contributed by atoms with Crippen molar-refractivity contribution >= 4 is 5.78 Å². The molecule has 0 aromatic heterocycles. The van der Waals surface area contributed by atoms with Crippen molar-refractivity contribution < 1.29 is 29.6 Å². The molecule has 0 unspecified atom stereocenters. The molecule has 1 heterocycles. The van der Waals surface area contributed by atoms with E-state index < -0.39 is 35.6 Å². The van der Waals surface area contributed by atoms with Crippen LogP contribution in [0.5, 0.6) is 0 Å². The SMILES string of the molecule is CO[C@@H]1O[C@@H]([C@@H](O)C(C)(C)O)C[C@H]1[C@@H]1CC=C2[C@@H]3[C@H](O)C[C@H]4C(C)(C)C(=O)C=C[C@]4(C)[C@H]3CC[C@]21C. The van der Waals surface area contributed by atoms with E-state index in [1.807, 2.05) is 0 Å². The number of methoxy groups -OCH3 is 1. The van der Waals surface area contributed by atoms with Gasteiger partial charge >= 0.3 is 0 Å². The summed E-state index contributed by atoms with van der Waals surface area (Å²) in [5.41, 5.74) is -0.532. The zero-order valence-electron chi connectivity index (χ0n) is 23.0. The third-order valence-electron chi connectivity index (χ3n) is 11.4. The van der Waals surface area contributed by atoms with Gasteiger partial charge in [0.25, 0.3) is 0 Å². The molecule has 6 heteroatoms. The number of hydrogen-bond donors (Lipinski definition) is 3. The Bertz CT molecular complexity index is 961. The Morgan fingerprint density at radius 2 is 1.86 bits per heavy atom. The largest absolute Gasteiger partial charge is 0.392 e.